The van der Waals surface area contributed by atoms with Crippen molar-refractivity contribution in [1.82, 2.24) is 5.32 Å². The van der Waals surface area contributed by atoms with Gasteiger partial charge in [-0.15, -0.1) is 0 Å². The van der Waals surface area contributed by atoms with Crippen LogP contribution in [0, 0.1) is 0 Å². The lowest BCUT2D eigenvalue weighted by Crippen LogP contribution is -2.28. The van der Waals surface area contributed by atoms with Crippen LogP contribution in [0.3, 0.4) is 0 Å². The van der Waals surface area contributed by atoms with Crippen molar-refractivity contribution in [1.29, 1.82) is 0 Å². The zero-order valence-corrected chi connectivity index (χ0v) is 11.7. The Labute approximate surface area is 123 Å². The van der Waals surface area contributed by atoms with E-state index < -0.39 is 12.1 Å². The third-order valence-electron chi connectivity index (χ3n) is 2.37. The monoisotopic (exact) mass is 293 g/mol. The first kappa shape index (κ1) is 16.7. The molecule has 21 heavy (non-hydrogen) atoms. The fourth-order valence-corrected chi connectivity index (χ4v) is 1.36. The van der Waals surface area contributed by atoms with E-state index in [4.69, 9.17) is 14.2 Å². The highest BCUT2D eigenvalue weighted by Crippen LogP contribution is 2.00. The van der Waals surface area contributed by atoms with Gasteiger partial charge in [0.1, 0.15) is 13.2 Å². The number of rotatable bonds is 9. The molecule has 0 heterocycles. The van der Waals surface area contributed by atoms with Gasteiger partial charge < -0.3 is 19.5 Å². The van der Waals surface area contributed by atoms with E-state index in [1.807, 2.05) is 30.3 Å². The van der Waals surface area contributed by atoms with E-state index in [1.165, 1.54) is 0 Å². The molecule has 6 nitrogen and oxygen atoms in total. The second kappa shape index (κ2) is 10.4. The van der Waals surface area contributed by atoms with Gasteiger partial charge in [-0.2, -0.15) is 0 Å². The Hall–Kier alpha value is -2.34. The molecule has 0 fully saturated rings. The van der Waals surface area contributed by atoms with Gasteiger partial charge in [0.2, 0.25) is 0 Å². The van der Waals surface area contributed by atoms with Crippen molar-refractivity contribution < 1.29 is 23.8 Å². The van der Waals surface area contributed by atoms with Crippen molar-refractivity contribution in [2.75, 3.05) is 26.4 Å². The number of carbonyl (C=O) groups excluding carboxylic acids is 2. The molecule has 0 aliphatic heterocycles. The highest BCUT2D eigenvalue weighted by molar-refractivity contribution is 5.81. The van der Waals surface area contributed by atoms with Gasteiger partial charge in [-0.3, -0.25) is 0 Å². The molecule has 0 saturated carbocycles. The summed E-state index contributed by atoms with van der Waals surface area (Å²) >= 11 is 0. The molecule has 6 heteroatoms. The SMILES string of the molecule is C=CC(=O)OCCOCCNC(=O)OCc1ccccc1. The summed E-state index contributed by atoms with van der Waals surface area (Å²) in [4.78, 5) is 22.1. The predicted octanol–water partition coefficient (Wildman–Crippen LogP) is 1.66. The number of amides is 1. The minimum atomic E-state index is -0.500. The maximum atomic E-state index is 11.4. The van der Waals surface area contributed by atoms with E-state index in [0.29, 0.717) is 13.2 Å². The second-order valence-corrected chi connectivity index (χ2v) is 3.97. The van der Waals surface area contributed by atoms with Crippen LogP contribution in [-0.4, -0.2) is 38.4 Å². The molecule has 1 aromatic carbocycles. The Morgan fingerprint density at radius 1 is 1.10 bits per heavy atom. The molecule has 1 N–H and O–H groups in total. The number of ether oxygens (including phenoxy) is 3. The van der Waals surface area contributed by atoms with E-state index in [9.17, 15) is 9.59 Å². The summed E-state index contributed by atoms with van der Waals surface area (Å²) in [6, 6.07) is 9.41. The number of carbonyl (C=O) groups is 2. The summed E-state index contributed by atoms with van der Waals surface area (Å²) in [7, 11) is 0. The van der Waals surface area contributed by atoms with Gasteiger partial charge >= 0.3 is 12.1 Å². The van der Waals surface area contributed by atoms with Gasteiger partial charge in [0.25, 0.3) is 0 Å². The Balaban J connectivity index is 1.96. The molecule has 0 atom stereocenters. The average Bonchev–Trinajstić information content (AvgIpc) is 2.52. The van der Waals surface area contributed by atoms with Crippen LogP contribution in [0.1, 0.15) is 5.56 Å². The Bertz CT molecular complexity index is 447. The highest BCUT2D eigenvalue weighted by Gasteiger charge is 2.01. The van der Waals surface area contributed by atoms with Crippen molar-refractivity contribution in [3.8, 4) is 0 Å². The van der Waals surface area contributed by atoms with Crippen LogP contribution in [0.15, 0.2) is 43.0 Å². The first-order valence-corrected chi connectivity index (χ1v) is 6.54. The molecule has 0 aliphatic carbocycles. The van der Waals surface area contributed by atoms with E-state index in [0.717, 1.165) is 11.6 Å². The van der Waals surface area contributed by atoms with Crippen molar-refractivity contribution in [2.24, 2.45) is 0 Å². The van der Waals surface area contributed by atoms with Gasteiger partial charge in [0, 0.05) is 12.6 Å². The molecule has 1 aromatic rings. The van der Waals surface area contributed by atoms with Crippen LogP contribution in [0.5, 0.6) is 0 Å². The van der Waals surface area contributed by atoms with Crippen LogP contribution in [0.2, 0.25) is 0 Å². The van der Waals surface area contributed by atoms with Crippen LogP contribution in [-0.2, 0) is 25.6 Å². The van der Waals surface area contributed by atoms with Gasteiger partial charge in [0.05, 0.1) is 13.2 Å². The Morgan fingerprint density at radius 3 is 2.57 bits per heavy atom. The molecule has 0 radical (unpaired) electrons. The van der Waals surface area contributed by atoms with Crippen molar-refractivity contribution in [3.63, 3.8) is 0 Å². The molecular weight excluding hydrogens is 274 g/mol. The fourth-order valence-electron chi connectivity index (χ4n) is 1.36. The summed E-state index contributed by atoms with van der Waals surface area (Å²) in [5, 5.41) is 2.55. The first-order valence-electron chi connectivity index (χ1n) is 6.54. The molecule has 0 bridgehead atoms. The Morgan fingerprint density at radius 2 is 1.86 bits per heavy atom. The van der Waals surface area contributed by atoms with Gasteiger partial charge in [-0.25, -0.2) is 9.59 Å². The van der Waals surface area contributed by atoms with Gasteiger partial charge in [-0.05, 0) is 5.56 Å². The first-order chi connectivity index (χ1) is 10.2. The summed E-state index contributed by atoms with van der Waals surface area (Å²) in [6.45, 7) is 4.55. The topological polar surface area (TPSA) is 73.9 Å². The van der Waals surface area contributed by atoms with Crippen LogP contribution in [0.25, 0.3) is 0 Å². The molecule has 0 aromatic heterocycles. The van der Waals surface area contributed by atoms with Crippen LogP contribution in [0.4, 0.5) is 4.79 Å². The minimum absolute atomic E-state index is 0.156. The quantitative estimate of drug-likeness (QED) is 0.426. The fraction of sp³-hybridized carbons (Fsp3) is 0.333. The number of hydrogen-bond acceptors (Lipinski definition) is 5. The summed E-state index contributed by atoms with van der Waals surface area (Å²) < 4.78 is 14.9. The number of esters is 1. The lowest BCUT2D eigenvalue weighted by molar-refractivity contribution is -0.139. The van der Waals surface area contributed by atoms with Crippen LogP contribution >= 0.6 is 0 Å². The van der Waals surface area contributed by atoms with Crippen molar-refractivity contribution >= 4 is 12.1 Å². The molecule has 1 amide bonds. The number of hydrogen-bond donors (Lipinski definition) is 1. The molecule has 0 saturated heterocycles. The molecule has 0 aliphatic rings. The molecule has 114 valence electrons. The third-order valence-corrected chi connectivity index (χ3v) is 2.37. The number of alkyl carbamates (subject to hydrolysis) is 1. The maximum absolute atomic E-state index is 11.4. The van der Waals surface area contributed by atoms with E-state index in [2.05, 4.69) is 11.9 Å². The zero-order valence-electron chi connectivity index (χ0n) is 11.7. The minimum Gasteiger partial charge on any atom is -0.460 e. The smallest absolute Gasteiger partial charge is 0.407 e. The van der Waals surface area contributed by atoms with Gasteiger partial charge in [0.15, 0.2) is 0 Å². The lowest BCUT2D eigenvalue weighted by atomic mass is 10.2. The van der Waals surface area contributed by atoms with E-state index >= 15 is 0 Å². The van der Waals surface area contributed by atoms with E-state index in [1.54, 1.807) is 0 Å². The maximum Gasteiger partial charge on any atom is 0.407 e. The van der Waals surface area contributed by atoms with Gasteiger partial charge in [-0.1, -0.05) is 36.9 Å². The Kier molecular flexibility index (Phi) is 8.32. The highest BCUT2D eigenvalue weighted by atomic mass is 16.6. The van der Waals surface area contributed by atoms with Crippen molar-refractivity contribution in [2.45, 2.75) is 6.61 Å². The summed E-state index contributed by atoms with van der Waals surface area (Å²) in [5.41, 5.74) is 0.924. The zero-order chi connectivity index (χ0) is 15.3. The second-order valence-electron chi connectivity index (χ2n) is 3.97. The summed E-state index contributed by atoms with van der Waals surface area (Å²) in [5.74, 6) is -0.485. The molecule has 1 rings (SSSR count). The average molecular weight is 293 g/mol. The molecular formula is C15H19NO5. The third kappa shape index (κ3) is 8.43. The number of nitrogens with one attached hydrogen (secondary N) is 1. The standard InChI is InChI=1S/C15H19NO5/c1-2-14(17)20-11-10-19-9-8-16-15(18)21-12-13-6-4-3-5-7-13/h2-7H,1,8-12H2,(H,16,18). The molecule has 0 unspecified atom stereocenters. The predicted molar refractivity (Wildman–Crippen MR) is 76.6 cm³/mol. The molecule has 0 spiro atoms. The van der Waals surface area contributed by atoms with E-state index in [-0.39, 0.29) is 19.8 Å². The van der Waals surface area contributed by atoms with Crippen LogP contribution < -0.4 is 5.32 Å². The largest absolute Gasteiger partial charge is 0.460 e. The summed E-state index contributed by atoms with van der Waals surface area (Å²) in [6.07, 6.45) is 0.588. The number of benzene rings is 1. The lowest BCUT2D eigenvalue weighted by Gasteiger charge is -2.07. The van der Waals surface area contributed by atoms with Crippen molar-refractivity contribution in [3.05, 3.63) is 48.6 Å². The normalized spacial score (nSPS) is 9.71.